The van der Waals surface area contributed by atoms with Gasteiger partial charge in [0.2, 0.25) is 5.95 Å². The number of halogens is 3. The largest absolute Gasteiger partial charge is 0.480 e. The molecule has 10 heteroatoms. The van der Waals surface area contributed by atoms with Crippen LogP contribution in [0.1, 0.15) is 5.56 Å². The summed E-state index contributed by atoms with van der Waals surface area (Å²) in [6.45, 7) is -0.397. The van der Waals surface area contributed by atoms with E-state index in [9.17, 15) is 18.0 Å². The number of aromatic nitrogens is 3. The van der Waals surface area contributed by atoms with Crippen LogP contribution in [0.15, 0.2) is 54.7 Å². The van der Waals surface area contributed by atoms with Gasteiger partial charge in [-0.15, -0.1) is 0 Å². The highest BCUT2D eigenvalue weighted by molar-refractivity contribution is 5.72. The standard InChI is InChI=1S/C18H14F3N5O2/c19-18(20,21)11-4-6-12(7-5-11)24-15-9-14(13-3-1-2-8-22-13)25-17(26-15)23-10-16(27)28/h1-9H,10H2,(H,27,28)(H2,23,24,25,26). The molecule has 3 rings (SSSR count). The first kappa shape index (κ1) is 19.1. The molecular formula is C18H14F3N5O2. The molecule has 0 saturated heterocycles. The summed E-state index contributed by atoms with van der Waals surface area (Å²) in [7, 11) is 0. The maximum Gasteiger partial charge on any atom is 0.416 e. The Morgan fingerprint density at radius 3 is 2.39 bits per heavy atom. The van der Waals surface area contributed by atoms with E-state index in [0.717, 1.165) is 12.1 Å². The monoisotopic (exact) mass is 389 g/mol. The molecule has 28 heavy (non-hydrogen) atoms. The third-order valence-corrected chi connectivity index (χ3v) is 3.54. The maximum absolute atomic E-state index is 12.7. The quantitative estimate of drug-likeness (QED) is 0.590. The van der Waals surface area contributed by atoms with Crippen molar-refractivity contribution < 1.29 is 23.1 Å². The normalized spacial score (nSPS) is 11.1. The SMILES string of the molecule is O=C(O)CNc1nc(Nc2ccc(C(F)(F)F)cc2)cc(-c2ccccn2)n1. The van der Waals surface area contributed by atoms with Crippen molar-refractivity contribution in [1.29, 1.82) is 0 Å². The van der Waals surface area contributed by atoms with Crippen molar-refractivity contribution in [3.05, 3.63) is 60.3 Å². The Hall–Kier alpha value is -3.69. The number of nitrogens with zero attached hydrogens (tertiary/aromatic N) is 3. The van der Waals surface area contributed by atoms with Crippen LogP contribution in [-0.2, 0) is 11.0 Å². The lowest BCUT2D eigenvalue weighted by molar-refractivity contribution is -0.137. The summed E-state index contributed by atoms with van der Waals surface area (Å²) in [5.74, 6) is -0.785. The molecule has 2 heterocycles. The fourth-order valence-electron chi connectivity index (χ4n) is 2.28. The summed E-state index contributed by atoms with van der Waals surface area (Å²) in [6.07, 6.45) is -2.85. The number of rotatable bonds is 6. The first-order valence-corrected chi connectivity index (χ1v) is 8.02. The molecule has 144 valence electrons. The van der Waals surface area contributed by atoms with E-state index in [1.54, 1.807) is 30.5 Å². The van der Waals surface area contributed by atoms with Gasteiger partial charge in [0.05, 0.1) is 17.0 Å². The number of aliphatic carboxylic acids is 1. The molecule has 0 bridgehead atoms. The average Bonchev–Trinajstić information content (AvgIpc) is 2.67. The molecule has 0 spiro atoms. The van der Waals surface area contributed by atoms with Gasteiger partial charge in [-0.2, -0.15) is 18.2 Å². The van der Waals surface area contributed by atoms with Crippen LogP contribution in [0.25, 0.3) is 11.4 Å². The van der Waals surface area contributed by atoms with Gasteiger partial charge in [-0.25, -0.2) is 4.98 Å². The van der Waals surface area contributed by atoms with Gasteiger partial charge >= 0.3 is 12.1 Å². The second kappa shape index (κ2) is 7.91. The first-order valence-electron chi connectivity index (χ1n) is 8.02. The van der Waals surface area contributed by atoms with E-state index in [-0.39, 0.29) is 11.8 Å². The third kappa shape index (κ3) is 4.93. The van der Waals surface area contributed by atoms with Crippen molar-refractivity contribution in [1.82, 2.24) is 15.0 Å². The van der Waals surface area contributed by atoms with Gasteiger partial charge in [0, 0.05) is 18.0 Å². The van der Waals surface area contributed by atoms with E-state index in [1.165, 1.54) is 12.1 Å². The number of pyridine rings is 1. The van der Waals surface area contributed by atoms with E-state index in [0.29, 0.717) is 17.1 Å². The van der Waals surface area contributed by atoms with Gasteiger partial charge in [-0.05, 0) is 36.4 Å². The van der Waals surface area contributed by atoms with Crippen LogP contribution in [0.3, 0.4) is 0 Å². The average molecular weight is 389 g/mol. The molecule has 0 fully saturated rings. The molecule has 0 atom stereocenters. The van der Waals surface area contributed by atoms with Crippen molar-refractivity contribution in [2.45, 2.75) is 6.18 Å². The summed E-state index contributed by atoms with van der Waals surface area (Å²) >= 11 is 0. The summed E-state index contributed by atoms with van der Waals surface area (Å²) in [6, 6.07) is 11.2. The van der Waals surface area contributed by atoms with Crippen molar-refractivity contribution >= 4 is 23.4 Å². The second-order valence-electron chi connectivity index (χ2n) is 5.62. The number of hydrogen-bond acceptors (Lipinski definition) is 6. The van der Waals surface area contributed by atoms with Crippen LogP contribution in [-0.4, -0.2) is 32.6 Å². The van der Waals surface area contributed by atoms with Crippen molar-refractivity contribution in [2.75, 3.05) is 17.2 Å². The third-order valence-electron chi connectivity index (χ3n) is 3.54. The first-order chi connectivity index (χ1) is 13.3. The fraction of sp³-hybridized carbons (Fsp3) is 0.111. The fourth-order valence-corrected chi connectivity index (χ4v) is 2.28. The molecule has 3 aromatic rings. The highest BCUT2D eigenvalue weighted by atomic mass is 19.4. The Morgan fingerprint density at radius 1 is 1.04 bits per heavy atom. The number of carboxylic acids is 1. The molecule has 0 aliphatic carbocycles. The van der Waals surface area contributed by atoms with Gasteiger partial charge in [0.1, 0.15) is 12.4 Å². The highest BCUT2D eigenvalue weighted by Gasteiger charge is 2.29. The van der Waals surface area contributed by atoms with E-state index >= 15 is 0 Å². The molecule has 0 saturated carbocycles. The van der Waals surface area contributed by atoms with E-state index in [4.69, 9.17) is 5.11 Å². The van der Waals surface area contributed by atoms with Crippen molar-refractivity contribution in [2.24, 2.45) is 0 Å². The van der Waals surface area contributed by atoms with Crippen LogP contribution in [0.2, 0.25) is 0 Å². The molecule has 0 aliphatic rings. The minimum atomic E-state index is -4.42. The zero-order valence-corrected chi connectivity index (χ0v) is 14.2. The van der Waals surface area contributed by atoms with E-state index in [1.807, 2.05) is 0 Å². The number of hydrogen-bond donors (Lipinski definition) is 3. The van der Waals surface area contributed by atoms with Gasteiger partial charge in [0.25, 0.3) is 0 Å². The van der Waals surface area contributed by atoms with Gasteiger partial charge in [-0.3, -0.25) is 9.78 Å². The van der Waals surface area contributed by atoms with E-state index < -0.39 is 24.3 Å². The molecule has 1 aromatic carbocycles. The van der Waals surface area contributed by atoms with Crippen LogP contribution < -0.4 is 10.6 Å². The van der Waals surface area contributed by atoms with Crippen molar-refractivity contribution in [3.63, 3.8) is 0 Å². The highest BCUT2D eigenvalue weighted by Crippen LogP contribution is 2.30. The lowest BCUT2D eigenvalue weighted by Crippen LogP contribution is -2.15. The molecule has 2 aromatic heterocycles. The summed E-state index contributed by atoms with van der Waals surface area (Å²) < 4.78 is 38.1. The van der Waals surface area contributed by atoms with Crippen molar-refractivity contribution in [3.8, 4) is 11.4 Å². The van der Waals surface area contributed by atoms with Gasteiger partial charge in [0.15, 0.2) is 0 Å². The lowest BCUT2D eigenvalue weighted by atomic mass is 10.2. The number of carboxylic acid groups (broad SMARTS) is 1. The Labute approximate surface area is 157 Å². The Kier molecular flexibility index (Phi) is 5.39. The van der Waals surface area contributed by atoms with Crippen LogP contribution >= 0.6 is 0 Å². The lowest BCUT2D eigenvalue weighted by Gasteiger charge is -2.11. The molecule has 0 unspecified atom stereocenters. The molecule has 0 amide bonds. The van der Waals surface area contributed by atoms with E-state index in [2.05, 4.69) is 25.6 Å². The molecule has 7 nitrogen and oxygen atoms in total. The van der Waals surface area contributed by atoms with Gasteiger partial charge < -0.3 is 15.7 Å². The topological polar surface area (TPSA) is 100 Å². The minimum absolute atomic E-state index is 0.0416. The second-order valence-corrected chi connectivity index (χ2v) is 5.62. The molecule has 3 N–H and O–H groups in total. The zero-order valence-electron chi connectivity index (χ0n) is 14.2. The molecular weight excluding hydrogens is 375 g/mol. The minimum Gasteiger partial charge on any atom is -0.480 e. The number of nitrogens with one attached hydrogen (secondary N) is 2. The smallest absolute Gasteiger partial charge is 0.416 e. The predicted molar refractivity (Wildman–Crippen MR) is 96.1 cm³/mol. The van der Waals surface area contributed by atoms with Crippen LogP contribution in [0.5, 0.6) is 0 Å². The Balaban J connectivity index is 1.90. The summed E-state index contributed by atoms with van der Waals surface area (Å²) in [5.41, 5.74) is 0.554. The summed E-state index contributed by atoms with van der Waals surface area (Å²) in [5, 5.41) is 14.3. The maximum atomic E-state index is 12.7. The van der Waals surface area contributed by atoms with Gasteiger partial charge in [-0.1, -0.05) is 6.07 Å². The molecule has 0 radical (unpaired) electrons. The number of benzene rings is 1. The molecule has 0 aliphatic heterocycles. The number of anilines is 3. The van der Waals surface area contributed by atoms with Crippen LogP contribution in [0, 0.1) is 0 Å². The Bertz CT molecular complexity index is 963. The number of carbonyl (C=O) groups is 1. The number of alkyl halides is 3. The summed E-state index contributed by atoms with van der Waals surface area (Å²) in [4.78, 5) is 23.3. The Morgan fingerprint density at radius 2 is 1.79 bits per heavy atom. The zero-order chi connectivity index (χ0) is 20.1. The van der Waals surface area contributed by atoms with Crippen LogP contribution in [0.4, 0.5) is 30.6 Å². The predicted octanol–water partition coefficient (Wildman–Crippen LogP) is 3.80.